The number of anilines is 1. The van der Waals surface area contributed by atoms with Gasteiger partial charge < -0.3 is 10.1 Å². The molecule has 1 aromatic carbocycles. The van der Waals surface area contributed by atoms with Gasteiger partial charge in [0.15, 0.2) is 0 Å². The second-order valence-electron chi connectivity index (χ2n) is 5.60. The van der Waals surface area contributed by atoms with E-state index in [4.69, 9.17) is 4.74 Å². The van der Waals surface area contributed by atoms with E-state index in [1.165, 1.54) is 12.0 Å². The first-order valence-corrected chi connectivity index (χ1v) is 6.82. The van der Waals surface area contributed by atoms with Crippen LogP contribution in [0.1, 0.15) is 52.5 Å². The quantitative estimate of drug-likeness (QED) is 0.805. The van der Waals surface area contributed by atoms with Crippen molar-refractivity contribution in [2.45, 2.75) is 58.6 Å². The van der Waals surface area contributed by atoms with Crippen molar-refractivity contribution in [2.24, 2.45) is 0 Å². The number of nitrogens with one attached hydrogen (secondary N) is 1. The minimum Gasteiger partial charge on any atom is -0.380 e. The van der Waals surface area contributed by atoms with Crippen LogP contribution in [0.5, 0.6) is 0 Å². The Bertz CT molecular complexity index is 356. The van der Waals surface area contributed by atoms with Gasteiger partial charge >= 0.3 is 0 Å². The highest BCUT2D eigenvalue weighted by Crippen LogP contribution is 2.22. The number of benzene rings is 1. The summed E-state index contributed by atoms with van der Waals surface area (Å²) in [6.45, 7) is 10.8. The Morgan fingerprint density at radius 1 is 1.17 bits per heavy atom. The first kappa shape index (κ1) is 15.0. The molecule has 0 spiro atoms. The maximum atomic E-state index is 5.49. The number of hydrogen-bond acceptors (Lipinski definition) is 2. The molecule has 2 nitrogen and oxygen atoms in total. The van der Waals surface area contributed by atoms with E-state index in [9.17, 15) is 0 Å². The van der Waals surface area contributed by atoms with Crippen molar-refractivity contribution < 1.29 is 4.74 Å². The van der Waals surface area contributed by atoms with Gasteiger partial charge in [0.1, 0.15) is 0 Å². The van der Waals surface area contributed by atoms with E-state index >= 15 is 0 Å². The van der Waals surface area contributed by atoms with Crippen LogP contribution in [-0.2, 0) is 4.74 Å². The number of rotatable bonds is 6. The molecule has 2 unspecified atom stereocenters. The standard InChI is InChI=1S/C16H27NO/c1-7-12(2)14-8-10-15(11-9-14)17-13(3)16(4,5)18-6/h8-13,17H,7H2,1-6H3. The topological polar surface area (TPSA) is 21.3 Å². The molecule has 0 fully saturated rings. The van der Waals surface area contributed by atoms with E-state index in [0.717, 1.165) is 5.69 Å². The molecule has 18 heavy (non-hydrogen) atoms. The summed E-state index contributed by atoms with van der Waals surface area (Å²) in [7, 11) is 1.75. The zero-order valence-corrected chi connectivity index (χ0v) is 12.6. The number of methoxy groups -OCH3 is 1. The smallest absolute Gasteiger partial charge is 0.0820 e. The molecular weight excluding hydrogens is 222 g/mol. The Labute approximate surface area is 112 Å². The van der Waals surface area contributed by atoms with Crippen LogP contribution in [0.15, 0.2) is 24.3 Å². The molecule has 0 saturated heterocycles. The molecule has 102 valence electrons. The van der Waals surface area contributed by atoms with Gasteiger partial charge in [0.05, 0.1) is 11.6 Å². The van der Waals surface area contributed by atoms with Crippen LogP contribution in [0.2, 0.25) is 0 Å². The van der Waals surface area contributed by atoms with Crippen LogP contribution in [0.3, 0.4) is 0 Å². The molecule has 0 bridgehead atoms. The molecule has 0 aromatic heterocycles. The zero-order chi connectivity index (χ0) is 13.8. The molecule has 2 atom stereocenters. The van der Waals surface area contributed by atoms with E-state index < -0.39 is 0 Å². The lowest BCUT2D eigenvalue weighted by Gasteiger charge is -2.31. The minimum absolute atomic E-state index is 0.171. The van der Waals surface area contributed by atoms with Crippen molar-refractivity contribution in [3.8, 4) is 0 Å². The SMILES string of the molecule is CCC(C)c1ccc(NC(C)C(C)(C)OC)cc1. The molecule has 0 aliphatic rings. The lowest BCUT2D eigenvalue weighted by Crippen LogP contribution is -2.41. The third-order valence-corrected chi connectivity index (χ3v) is 4.04. The maximum absolute atomic E-state index is 5.49. The Morgan fingerprint density at radius 3 is 2.17 bits per heavy atom. The molecule has 0 aliphatic heterocycles. The maximum Gasteiger partial charge on any atom is 0.0820 e. The minimum atomic E-state index is -0.171. The highest BCUT2D eigenvalue weighted by Gasteiger charge is 2.24. The molecule has 1 aromatic rings. The van der Waals surface area contributed by atoms with Gasteiger partial charge in [0.25, 0.3) is 0 Å². The first-order chi connectivity index (χ1) is 8.40. The highest BCUT2D eigenvalue weighted by atomic mass is 16.5. The fourth-order valence-corrected chi connectivity index (χ4v) is 1.74. The Morgan fingerprint density at radius 2 is 1.72 bits per heavy atom. The number of hydrogen-bond donors (Lipinski definition) is 1. The van der Waals surface area contributed by atoms with Crippen LogP contribution in [0.4, 0.5) is 5.69 Å². The van der Waals surface area contributed by atoms with E-state index in [-0.39, 0.29) is 11.6 Å². The summed E-state index contributed by atoms with van der Waals surface area (Å²) in [6, 6.07) is 9.00. The Kier molecular flexibility index (Phi) is 5.21. The Balaban J connectivity index is 2.69. The van der Waals surface area contributed by atoms with Crippen LogP contribution in [0, 0.1) is 0 Å². The summed E-state index contributed by atoms with van der Waals surface area (Å²) in [5.74, 6) is 0.631. The van der Waals surface area contributed by atoms with Crippen molar-refractivity contribution in [3.63, 3.8) is 0 Å². The summed E-state index contributed by atoms with van der Waals surface area (Å²) in [4.78, 5) is 0. The average Bonchev–Trinajstić information content (AvgIpc) is 2.38. The van der Waals surface area contributed by atoms with Crippen LogP contribution < -0.4 is 5.32 Å². The van der Waals surface area contributed by atoms with Gasteiger partial charge in [-0.15, -0.1) is 0 Å². The monoisotopic (exact) mass is 249 g/mol. The van der Waals surface area contributed by atoms with Crippen molar-refractivity contribution in [1.82, 2.24) is 0 Å². The summed E-state index contributed by atoms with van der Waals surface area (Å²) >= 11 is 0. The molecule has 0 radical (unpaired) electrons. The molecule has 0 aliphatic carbocycles. The first-order valence-electron chi connectivity index (χ1n) is 6.82. The van der Waals surface area contributed by atoms with Crippen LogP contribution in [0.25, 0.3) is 0 Å². The van der Waals surface area contributed by atoms with E-state index in [1.54, 1.807) is 7.11 Å². The lowest BCUT2D eigenvalue weighted by atomic mass is 9.97. The summed E-state index contributed by atoms with van der Waals surface area (Å²) in [5.41, 5.74) is 2.39. The fraction of sp³-hybridized carbons (Fsp3) is 0.625. The Hall–Kier alpha value is -1.02. The van der Waals surface area contributed by atoms with Crippen LogP contribution >= 0.6 is 0 Å². The van der Waals surface area contributed by atoms with Crippen molar-refractivity contribution in [3.05, 3.63) is 29.8 Å². The van der Waals surface area contributed by atoms with E-state index in [1.807, 2.05) is 0 Å². The zero-order valence-electron chi connectivity index (χ0n) is 12.6. The summed E-state index contributed by atoms with van der Waals surface area (Å²) in [5, 5.41) is 3.49. The molecule has 0 saturated carbocycles. The second-order valence-corrected chi connectivity index (χ2v) is 5.60. The summed E-state index contributed by atoms with van der Waals surface area (Å²) < 4.78 is 5.49. The van der Waals surface area contributed by atoms with Gasteiger partial charge in [0.2, 0.25) is 0 Å². The van der Waals surface area contributed by atoms with Gasteiger partial charge in [-0.05, 0) is 50.8 Å². The molecule has 1 N–H and O–H groups in total. The normalized spacial score (nSPS) is 15.2. The van der Waals surface area contributed by atoms with Gasteiger partial charge in [-0.3, -0.25) is 0 Å². The van der Waals surface area contributed by atoms with Crippen molar-refractivity contribution in [1.29, 1.82) is 0 Å². The van der Waals surface area contributed by atoms with E-state index in [2.05, 4.69) is 64.2 Å². The predicted octanol–water partition coefficient (Wildman–Crippen LogP) is 4.43. The average molecular weight is 249 g/mol. The molecule has 0 heterocycles. The van der Waals surface area contributed by atoms with Crippen LogP contribution in [-0.4, -0.2) is 18.8 Å². The third kappa shape index (κ3) is 3.74. The van der Waals surface area contributed by atoms with Crippen molar-refractivity contribution in [2.75, 3.05) is 12.4 Å². The van der Waals surface area contributed by atoms with Gasteiger partial charge in [0, 0.05) is 12.8 Å². The van der Waals surface area contributed by atoms with Gasteiger partial charge in [-0.2, -0.15) is 0 Å². The predicted molar refractivity (Wildman–Crippen MR) is 79.3 cm³/mol. The molecule has 1 rings (SSSR count). The largest absolute Gasteiger partial charge is 0.380 e. The molecule has 2 heteroatoms. The number of ether oxygens (including phenoxy) is 1. The van der Waals surface area contributed by atoms with Gasteiger partial charge in [-0.1, -0.05) is 26.0 Å². The lowest BCUT2D eigenvalue weighted by molar-refractivity contribution is 0.0107. The third-order valence-electron chi connectivity index (χ3n) is 4.04. The second kappa shape index (κ2) is 6.24. The summed E-state index contributed by atoms with van der Waals surface area (Å²) in [6.07, 6.45) is 1.18. The molecular formula is C16H27NO. The fourth-order valence-electron chi connectivity index (χ4n) is 1.74. The van der Waals surface area contributed by atoms with Gasteiger partial charge in [-0.25, -0.2) is 0 Å². The highest BCUT2D eigenvalue weighted by molar-refractivity contribution is 5.46. The van der Waals surface area contributed by atoms with E-state index in [0.29, 0.717) is 5.92 Å². The van der Waals surface area contributed by atoms with Crippen molar-refractivity contribution >= 4 is 5.69 Å². The molecule has 0 amide bonds.